The SMILES string of the molecule is CC(C)[C@@H](C)CNCCN1CCN(CCOC(C)(C)C)CC1. The number of nitrogens with one attached hydrogen (secondary N) is 1. The second kappa shape index (κ2) is 9.86. The van der Waals surface area contributed by atoms with E-state index in [2.05, 4.69) is 56.7 Å². The summed E-state index contributed by atoms with van der Waals surface area (Å²) in [5, 5.41) is 3.60. The molecule has 0 aromatic heterocycles. The molecule has 1 aliphatic heterocycles. The third kappa shape index (κ3) is 9.09. The van der Waals surface area contributed by atoms with Crippen LogP contribution in [0.2, 0.25) is 0 Å². The lowest BCUT2D eigenvalue weighted by Gasteiger charge is -2.35. The highest BCUT2D eigenvalue weighted by molar-refractivity contribution is 4.73. The van der Waals surface area contributed by atoms with E-state index >= 15 is 0 Å². The van der Waals surface area contributed by atoms with Crippen LogP contribution in [0.15, 0.2) is 0 Å². The van der Waals surface area contributed by atoms with Crippen LogP contribution in [0.4, 0.5) is 0 Å². The van der Waals surface area contributed by atoms with Crippen molar-refractivity contribution in [3.8, 4) is 0 Å². The molecule has 1 fully saturated rings. The Morgan fingerprint density at radius 1 is 0.955 bits per heavy atom. The summed E-state index contributed by atoms with van der Waals surface area (Å²) in [6.07, 6.45) is 0. The van der Waals surface area contributed by atoms with Crippen molar-refractivity contribution in [1.82, 2.24) is 15.1 Å². The molecule has 0 amide bonds. The first kappa shape index (κ1) is 19.9. The molecule has 4 nitrogen and oxygen atoms in total. The Balaban J connectivity index is 2.03. The van der Waals surface area contributed by atoms with Crippen molar-refractivity contribution in [1.29, 1.82) is 0 Å². The fourth-order valence-electron chi connectivity index (χ4n) is 2.52. The summed E-state index contributed by atoms with van der Waals surface area (Å²) in [5.74, 6) is 1.53. The summed E-state index contributed by atoms with van der Waals surface area (Å²) in [4.78, 5) is 5.10. The molecule has 132 valence electrons. The van der Waals surface area contributed by atoms with Gasteiger partial charge in [0.1, 0.15) is 0 Å². The van der Waals surface area contributed by atoms with Crippen molar-refractivity contribution >= 4 is 0 Å². The van der Waals surface area contributed by atoms with Gasteiger partial charge in [0.15, 0.2) is 0 Å². The molecule has 0 unspecified atom stereocenters. The van der Waals surface area contributed by atoms with E-state index in [1.807, 2.05) is 0 Å². The Hall–Kier alpha value is -0.160. The van der Waals surface area contributed by atoms with E-state index in [1.165, 1.54) is 32.7 Å². The minimum atomic E-state index is -0.0133. The van der Waals surface area contributed by atoms with Crippen LogP contribution < -0.4 is 5.32 Å². The Kier molecular flexibility index (Phi) is 8.91. The molecule has 1 heterocycles. The largest absolute Gasteiger partial charge is 0.375 e. The van der Waals surface area contributed by atoms with Gasteiger partial charge in [0, 0.05) is 45.8 Å². The van der Waals surface area contributed by atoms with Crippen molar-refractivity contribution < 1.29 is 4.74 Å². The molecule has 4 heteroatoms. The van der Waals surface area contributed by atoms with Crippen LogP contribution in [0.25, 0.3) is 0 Å². The van der Waals surface area contributed by atoms with Crippen LogP contribution in [0, 0.1) is 11.8 Å². The maximum atomic E-state index is 5.81. The summed E-state index contributed by atoms with van der Waals surface area (Å²) in [5.41, 5.74) is -0.0133. The van der Waals surface area contributed by atoms with Crippen LogP contribution >= 0.6 is 0 Å². The van der Waals surface area contributed by atoms with Gasteiger partial charge in [-0.05, 0) is 39.2 Å². The van der Waals surface area contributed by atoms with Crippen LogP contribution in [-0.4, -0.2) is 74.4 Å². The minimum absolute atomic E-state index is 0.0133. The van der Waals surface area contributed by atoms with Crippen molar-refractivity contribution in [2.75, 3.05) is 59.0 Å². The third-order valence-corrected chi connectivity index (χ3v) is 4.62. The maximum absolute atomic E-state index is 5.81. The number of ether oxygens (including phenoxy) is 1. The molecule has 0 aromatic rings. The van der Waals surface area contributed by atoms with Gasteiger partial charge in [0.25, 0.3) is 0 Å². The molecule has 0 spiro atoms. The number of nitrogens with zero attached hydrogens (tertiary/aromatic N) is 2. The van der Waals surface area contributed by atoms with Gasteiger partial charge >= 0.3 is 0 Å². The van der Waals surface area contributed by atoms with Crippen molar-refractivity contribution in [3.63, 3.8) is 0 Å². The van der Waals surface area contributed by atoms with Crippen molar-refractivity contribution in [2.24, 2.45) is 11.8 Å². The van der Waals surface area contributed by atoms with Gasteiger partial charge in [-0.3, -0.25) is 9.80 Å². The summed E-state index contributed by atoms with van der Waals surface area (Å²) >= 11 is 0. The molecular weight excluding hydrogens is 274 g/mol. The molecule has 22 heavy (non-hydrogen) atoms. The Morgan fingerprint density at radius 2 is 1.50 bits per heavy atom. The molecule has 1 N–H and O–H groups in total. The number of piperazine rings is 1. The molecule has 1 atom stereocenters. The highest BCUT2D eigenvalue weighted by Gasteiger charge is 2.17. The first-order valence-corrected chi connectivity index (χ1v) is 9.07. The first-order valence-electron chi connectivity index (χ1n) is 9.07. The maximum Gasteiger partial charge on any atom is 0.0600 e. The van der Waals surface area contributed by atoms with E-state index in [0.29, 0.717) is 0 Å². The number of hydrogen-bond acceptors (Lipinski definition) is 4. The van der Waals surface area contributed by atoms with Gasteiger partial charge in [-0.1, -0.05) is 20.8 Å². The van der Waals surface area contributed by atoms with Crippen LogP contribution in [0.5, 0.6) is 0 Å². The summed E-state index contributed by atoms with van der Waals surface area (Å²) in [6, 6.07) is 0. The fourth-order valence-corrected chi connectivity index (χ4v) is 2.52. The first-order chi connectivity index (χ1) is 10.3. The standard InChI is InChI=1S/C18H39N3O/c1-16(2)17(3)15-19-7-8-20-9-11-21(12-10-20)13-14-22-18(4,5)6/h16-17,19H,7-15H2,1-6H3/t17-/m0/s1. The number of rotatable bonds is 9. The van der Waals surface area contributed by atoms with E-state index in [0.717, 1.165) is 38.1 Å². The van der Waals surface area contributed by atoms with Gasteiger partial charge in [0.2, 0.25) is 0 Å². The van der Waals surface area contributed by atoms with Crippen molar-refractivity contribution in [2.45, 2.75) is 47.1 Å². The lowest BCUT2D eigenvalue weighted by Crippen LogP contribution is -2.49. The quantitative estimate of drug-likeness (QED) is 0.661. The molecule has 0 radical (unpaired) electrons. The van der Waals surface area contributed by atoms with Gasteiger partial charge in [0.05, 0.1) is 12.2 Å². The molecule has 1 saturated heterocycles. The molecular formula is C18H39N3O. The summed E-state index contributed by atoms with van der Waals surface area (Å²) in [7, 11) is 0. The van der Waals surface area contributed by atoms with E-state index in [-0.39, 0.29) is 5.60 Å². The van der Waals surface area contributed by atoms with Crippen LogP contribution in [0.1, 0.15) is 41.5 Å². The predicted molar refractivity (Wildman–Crippen MR) is 95.5 cm³/mol. The van der Waals surface area contributed by atoms with Gasteiger partial charge in [-0.2, -0.15) is 0 Å². The van der Waals surface area contributed by atoms with E-state index in [4.69, 9.17) is 4.74 Å². The predicted octanol–water partition coefficient (Wildman–Crippen LogP) is 2.30. The van der Waals surface area contributed by atoms with Crippen molar-refractivity contribution in [3.05, 3.63) is 0 Å². The summed E-state index contributed by atoms with van der Waals surface area (Å²) < 4.78 is 5.81. The Labute approximate surface area is 138 Å². The third-order valence-electron chi connectivity index (χ3n) is 4.62. The lowest BCUT2D eigenvalue weighted by molar-refractivity contribution is -0.0177. The highest BCUT2D eigenvalue weighted by Crippen LogP contribution is 2.08. The van der Waals surface area contributed by atoms with Gasteiger partial charge in [-0.25, -0.2) is 0 Å². The van der Waals surface area contributed by atoms with E-state index in [1.54, 1.807) is 0 Å². The van der Waals surface area contributed by atoms with Gasteiger partial charge in [-0.15, -0.1) is 0 Å². The van der Waals surface area contributed by atoms with E-state index < -0.39 is 0 Å². The second-order valence-electron chi connectivity index (χ2n) is 8.07. The fraction of sp³-hybridized carbons (Fsp3) is 1.00. The zero-order valence-corrected chi connectivity index (χ0v) is 15.8. The zero-order chi connectivity index (χ0) is 16.6. The lowest BCUT2D eigenvalue weighted by atomic mass is 9.98. The second-order valence-corrected chi connectivity index (χ2v) is 8.07. The number of hydrogen-bond donors (Lipinski definition) is 1. The average Bonchev–Trinajstić information content (AvgIpc) is 2.43. The zero-order valence-electron chi connectivity index (χ0n) is 15.8. The Bertz CT molecular complexity index is 281. The van der Waals surface area contributed by atoms with E-state index in [9.17, 15) is 0 Å². The Morgan fingerprint density at radius 3 is 2.00 bits per heavy atom. The molecule has 0 aliphatic carbocycles. The monoisotopic (exact) mass is 313 g/mol. The van der Waals surface area contributed by atoms with Gasteiger partial charge < -0.3 is 10.1 Å². The molecule has 1 aliphatic rings. The van der Waals surface area contributed by atoms with Crippen LogP contribution in [0.3, 0.4) is 0 Å². The molecule has 1 rings (SSSR count). The minimum Gasteiger partial charge on any atom is -0.375 e. The normalized spacial score (nSPS) is 19.8. The topological polar surface area (TPSA) is 27.7 Å². The average molecular weight is 314 g/mol. The summed E-state index contributed by atoms with van der Waals surface area (Å²) in [6.45, 7) is 23.4. The van der Waals surface area contributed by atoms with Crippen LogP contribution in [-0.2, 0) is 4.74 Å². The molecule has 0 bridgehead atoms. The smallest absolute Gasteiger partial charge is 0.0600 e. The highest BCUT2D eigenvalue weighted by atomic mass is 16.5. The molecule has 0 aromatic carbocycles. The molecule has 0 saturated carbocycles.